The van der Waals surface area contributed by atoms with Crippen LogP contribution >= 0.6 is 0 Å². The normalized spacial score (nSPS) is 10.8. The SMILES string of the molecule is Cc1cc(NC(=O)CN(C)C(=O)c2cn(-c3ccccc3)nc2-c2ccc(C)c(C)c2)no1. The summed E-state index contributed by atoms with van der Waals surface area (Å²) < 4.78 is 6.64. The fourth-order valence-corrected chi connectivity index (χ4v) is 3.45. The molecular weight excluding hydrogens is 418 g/mol. The molecule has 33 heavy (non-hydrogen) atoms. The van der Waals surface area contributed by atoms with Crippen molar-refractivity contribution in [1.29, 1.82) is 0 Å². The van der Waals surface area contributed by atoms with E-state index in [4.69, 9.17) is 9.62 Å². The Morgan fingerprint density at radius 2 is 1.79 bits per heavy atom. The molecule has 0 saturated heterocycles. The lowest BCUT2D eigenvalue weighted by Gasteiger charge is -2.16. The summed E-state index contributed by atoms with van der Waals surface area (Å²) in [4.78, 5) is 27.2. The van der Waals surface area contributed by atoms with Crippen LogP contribution in [0.3, 0.4) is 0 Å². The molecule has 0 aliphatic rings. The third-order valence-corrected chi connectivity index (χ3v) is 5.37. The van der Waals surface area contributed by atoms with Gasteiger partial charge in [-0.15, -0.1) is 0 Å². The zero-order valence-corrected chi connectivity index (χ0v) is 19.0. The van der Waals surface area contributed by atoms with Gasteiger partial charge in [0.15, 0.2) is 5.82 Å². The summed E-state index contributed by atoms with van der Waals surface area (Å²) in [6, 6.07) is 17.2. The van der Waals surface area contributed by atoms with E-state index in [9.17, 15) is 9.59 Å². The van der Waals surface area contributed by atoms with E-state index in [1.807, 2.05) is 62.4 Å². The summed E-state index contributed by atoms with van der Waals surface area (Å²) in [5.41, 5.74) is 4.92. The topological polar surface area (TPSA) is 93.3 Å². The highest BCUT2D eigenvalue weighted by atomic mass is 16.5. The van der Waals surface area contributed by atoms with Crippen LogP contribution < -0.4 is 5.32 Å². The predicted molar refractivity (Wildman–Crippen MR) is 125 cm³/mol. The maximum Gasteiger partial charge on any atom is 0.257 e. The molecule has 4 rings (SSSR count). The molecule has 0 bridgehead atoms. The number of para-hydroxylation sites is 1. The second kappa shape index (κ2) is 9.12. The zero-order chi connectivity index (χ0) is 23.5. The van der Waals surface area contributed by atoms with Crippen molar-refractivity contribution >= 4 is 17.6 Å². The van der Waals surface area contributed by atoms with E-state index in [-0.39, 0.29) is 18.4 Å². The number of benzene rings is 2. The van der Waals surface area contributed by atoms with E-state index in [2.05, 4.69) is 10.5 Å². The molecule has 8 heteroatoms. The summed E-state index contributed by atoms with van der Waals surface area (Å²) in [6.45, 7) is 5.65. The molecule has 8 nitrogen and oxygen atoms in total. The van der Waals surface area contributed by atoms with Crippen LogP contribution in [0.1, 0.15) is 27.2 Å². The number of hydrogen-bond acceptors (Lipinski definition) is 5. The lowest BCUT2D eigenvalue weighted by molar-refractivity contribution is -0.116. The van der Waals surface area contributed by atoms with Crippen molar-refractivity contribution in [3.8, 4) is 16.9 Å². The van der Waals surface area contributed by atoms with Gasteiger partial charge >= 0.3 is 0 Å². The third-order valence-electron chi connectivity index (χ3n) is 5.37. The first-order chi connectivity index (χ1) is 15.8. The molecule has 0 fully saturated rings. The highest BCUT2D eigenvalue weighted by Gasteiger charge is 2.23. The lowest BCUT2D eigenvalue weighted by Crippen LogP contribution is -2.35. The van der Waals surface area contributed by atoms with Gasteiger partial charge in [0.2, 0.25) is 5.91 Å². The Morgan fingerprint density at radius 3 is 2.45 bits per heavy atom. The Hall–Kier alpha value is -4.20. The first-order valence-electron chi connectivity index (χ1n) is 10.5. The Morgan fingerprint density at radius 1 is 1.03 bits per heavy atom. The van der Waals surface area contributed by atoms with Crippen molar-refractivity contribution in [2.24, 2.45) is 0 Å². The van der Waals surface area contributed by atoms with Gasteiger partial charge in [-0.25, -0.2) is 4.68 Å². The molecule has 0 unspecified atom stereocenters. The number of amides is 2. The van der Waals surface area contributed by atoms with E-state index in [0.717, 1.165) is 22.4 Å². The van der Waals surface area contributed by atoms with E-state index < -0.39 is 0 Å². The van der Waals surface area contributed by atoms with E-state index in [0.29, 0.717) is 22.8 Å². The third kappa shape index (κ3) is 4.85. The fourth-order valence-electron chi connectivity index (χ4n) is 3.45. The van der Waals surface area contributed by atoms with Crippen molar-refractivity contribution in [2.45, 2.75) is 20.8 Å². The Kier molecular flexibility index (Phi) is 6.08. The summed E-state index contributed by atoms with van der Waals surface area (Å²) in [6.07, 6.45) is 1.71. The van der Waals surface area contributed by atoms with E-state index in [1.165, 1.54) is 4.90 Å². The number of rotatable bonds is 6. The van der Waals surface area contributed by atoms with Crippen LogP contribution in [0.2, 0.25) is 0 Å². The maximum atomic E-state index is 13.4. The Bertz CT molecular complexity index is 1310. The van der Waals surface area contributed by atoms with E-state index in [1.54, 1.807) is 30.9 Å². The van der Waals surface area contributed by atoms with Crippen LogP contribution in [0.25, 0.3) is 16.9 Å². The van der Waals surface area contributed by atoms with Gasteiger partial charge in [0.05, 0.1) is 17.8 Å². The largest absolute Gasteiger partial charge is 0.360 e. The molecule has 4 aromatic rings. The molecule has 0 saturated carbocycles. The molecule has 1 N–H and O–H groups in total. The van der Waals surface area contributed by atoms with Gasteiger partial charge in [0.25, 0.3) is 5.91 Å². The molecule has 0 atom stereocenters. The van der Waals surface area contributed by atoms with Gasteiger partial charge in [-0.1, -0.05) is 35.5 Å². The van der Waals surface area contributed by atoms with E-state index >= 15 is 0 Å². The molecule has 2 amide bonds. The number of aryl methyl sites for hydroxylation is 3. The number of nitrogens with one attached hydrogen (secondary N) is 1. The zero-order valence-electron chi connectivity index (χ0n) is 19.0. The number of likely N-dealkylation sites (N-methyl/N-ethyl adjacent to an activating group) is 1. The summed E-state index contributed by atoms with van der Waals surface area (Å²) >= 11 is 0. The number of aromatic nitrogens is 3. The predicted octanol–water partition coefficient (Wildman–Crippen LogP) is 4.16. The van der Waals surface area contributed by atoms with Gasteiger partial charge < -0.3 is 14.7 Å². The minimum Gasteiger partial charge on any atom is -0.360 e. The van der Waals surface area contributed by atoms with Crippen LogP contribution in [0.15, 0.2) is 65.3 Å². The maximum absolute atomic E-state index is 13.4. The minimum absolute atomic E-state index is 0.145. The highest BCUT2D eigenvalue weighted by molar-refractivity contribution is 6.02. The second-order valence-corrected chi connectivity index (χ2v) is 8.00. The smallest absolute Gasteiger partial charge is 0.257 e. The first kappa shape index (κ1) is 22.0. The number of anilines is 1. The molecule has 0 radical (unpaired) electrons. The average Bonchev–Trinajstić information content (AvgIpc) is 3.42. The molecular formula is C25H25N5O3. The summed E-state index contributed by atoms with van der Waals surface area (Å²) in [5, 5.41) is 11.1. The van der Waals surface area contributed by atoms with Crippen molar-refractivity contribution in [3.63, 3.8) is 0 Å². The number of carbonyl (C=O) groups is 2. The molecule has 0 aliphatic heterocycles. The Labute approximate surface area is 191 Å². The standard InChI is InChI=1S/C25H25N5O3/c1-16-10-11-19(12-17(16)2)24-21(14-30(27-24)20-8-6-5-7-9-20)25(32)29(4)15-23(31)26-22-13-18(3)33-28-22/h5-14H,15H2,1-4H3,(H,26,28,31). The van der Waals surface area contributed by atoms with Gasteiger partial charge in [0, 0.05) is 24.9 Å². The van der Waals surface area contributed by atoms with Gasteiger partial charge in [-0.3, -0.25) is 9.59 Å². The Balaban J connectivity index is 1.64. The molecule has 0 spiro atoms. The second-order valence-electron chi connectivity index (χ2n) is 8.00. The monoisotopic (exact) mass is 443 g/mol. The summed E-state index contributed by atoms with van der Waals surface area (Å²) in [7, 11) is 1.58. The van der Waals surface area contributed by atoms with Gasteiger partial charge in [0.1, 0.15) is 11.5 Å². The van der Waals surface area contributed by atoms with Crippen molar-refractivity contribution in [3.05, 3.63) is 83.2 Å². The van der Waals surface area contributed by atoms with Gasteiger partial charge in [-0.05, 0) is 50.1 Å². The molecule has 2 aromatic heterocycles. The van der Waals surface area contributed by atoms with Crippen molar-refractivity contribution in [2.75, 3.05) is 18.9 Å². The summed E-state index contributed by atoms with van der Waals surface area (Å²) in [5.74, 6) is 0.214. The van der Waals surface area contributed by atoms with Gasteiger partial charge in [-0.2, -0.15) is 5.10 Å². The first-order valence-corrected chi connectivity index (χ1v) is 10.5. The van der Waals surface area contributed by atoms with Crippen molar-refractivity contribution < 1.29 is 14.1 Å². The molecule has 0 aliphatic carbocycles. The van der Waals surface area contributed by atoms with Crippen molar-refractivity contribution in [1.82, 2.24) is 19.8 Å². The quantitative estimate of drug-likeness (QED) is 0.483. The van der Waals surface area contributed by atoms with Crippen LogP contribution in [-0.2, 0) is 4.79 Å². The van der Waals surface area contributed by atoms with Crippen LogP contribution in [0.4, 0.5) is 5.82 Å². The molecule has 2 aromatic carbocycles. The van der Waals surface area contributed by atoms with Crippen LogP contribution in [0.5, 0.6) is 0 Å². The lowest BCUT2D eigenvalue weighted by atomic mass is 10.0. The van der Waals surface area contributed by atoms with Crippen LogP contribution in [-0.4, -0.2) is 45.2 Å². The number of carbonyl (C=O) groups excluding carboxylic acids is 2. The number of nitrogens with zero attached hydrogens (tertiary/aromatic N) is 4. The molecule has 2 heterocycles. The minimum atomic E-state index is -0.373. The molecule has 168 valence electrons. The highest BCUT2D eigenvalue weighted by Crippen LogP contribution is 2.26. The fraction of sp³-hybridized carbons (Fsp3) is 0.200. The van der Waals surface area contributed by atoms with Crippen LogP contribution in [0, 0.1) is 20.8 Å². The number of hydrogen-bond donors (Lipinski definition) is 1. The average molecular weight is 444 g/mol.